The zero-order chi connectivity index (χ0) is 18.6. The number of nitrogens with zero attached hydrogens (tertiary/aromatic N) is 1. The maximum atomic E-state index is 12.8. The molecule has 7 nitrogen and oxygen atoms in total. The van der Waals surface area contributed by atoms with Gasteiger partial charge in [0.1, 0.15) is 0 Å². The molecule has 0 saturated carbocycles. The van der Waals surface area contributed by atoms with Gasteiger partial charge in [-0.15, -0.1) is 0 Å². The molecule has 0 fully saturated rings. The number of aromatic nitrogens is 1. The number of aromatic hydroxyl groups is 3. The maximum absolute atomic E-state index is 12.8. The van der Waals surface area contributed by atoms with Gasteiger partial charge in [0.15, 0.2) is 23.0 Å². The minimum Gasteiger partial charge on any atom is -0.504 e. The SMILES string of the molecule is COc1cc2c(ccn3c(=O)c4c(O)c(O)ccc4cc23)c(O)c1OC. The molecule has 0 aliphatic rings. The lowest BCUT2D eigenvalue weighted by atomic mass is 10.0. The lowest BCUT2D eigenvalue weighted by Gasteiger charge is -2.14. The van der Waals surface area contributed by atoms with Gasteiger partial charge in [-0.3, -0.25) is 9.20 Å². The number of pyridine rings is 2. The second-order valence-corrected chi connectivity index (χ2v) is 5.84. The van der Waals surface area contributed by atoms with E-state index in [9.17, 15) is 20.1 Å². The number of rotatable bonds is 2. The molecule has 0 aliphatic heterocycles. The minimum absolute atomic E-state index is 0.0200. The van der Waals surface area contributed by atoms with Gasteiger partial charge in [0.05, 0.1) is 25.1 Å². The molecule has 2 aromatic carbocycles. The zero-order valence-corrected chi connectivity index (χ0v) is 14.0. The van der Waals surface area contributed by atoms with Gasteiger partial charge in [-0.1, -0.05) is 6.07 Å². The van der Waals surface area contributed by atoms with Crippen molar-refractivity contribution >= 4 is 27.1 Å². The number of ether oxygens (including phenoxy) is 2. The number of hydrogen-bond donors (Lipinski definition) is 3. The Morgan fingerprint density at radius 3 is 2.38 bits per heavy atom. The molecule has 0 spiro atoms. The van der Waals surface area contributed by atoms with E-state index < -0.39 is 11.3 Å². The van der Waals surface area contributed by atoms with E-state index in [0.717, 1.165) is 0 Å². The van der Waals surface area contributed by atoms with Gasteiger partial charge in [-0.25, -0.2) is 0 Å². The van der Waals surface area contributed by atoms with Crippen LogP contribution in [0.25, 0.3) is 27.1 Å². The Balaban J connectivity index is 2.25. The summed E-state index contributed by atoms with van der Waals surface area (Å²) in [5, 5.41) is 31.8. The quantitative estimate of drug-likeness (QED) is 0.291. The highest BCUT2D eigenvalue weighted by molar-refractivity contribution is 6.05. The van der Waals surface area contributed by atoms with Gasteiger partial charge < -0.3 is 24.8 Å². The van der Waals surface area contributed by atoms with Crippen LogP contribution in [-0.4, -0.2) is 33.9 Å². The van der Waals surface area contributed by atoms with Crippen molar-refractivity contribution in [1.82, 2.24) is 4.40 Å². The fraction of sp³-hybridized carbons (Fsp3) is 0.105. The molecular formula is C19H15NO6. The van der Waals surface area contributed by atoms with E-state index in [0.29, 0.717) is 27.4 Å². The lowest BCUT2D eigenvalue weighted by Crippen LogP contribution is -2.13. The standard InChI is InChI=1S/C19H15NO6/c1-25-14-8-11-10(16(22)18(14)26-2)5-6-20-12(11)7-9-3-4-13(21)17(23)15(9)19(20)24/h3-8,21-23H,1-2H3. The summed E-state index contributed by atoms with van der Waals surface area (Å²) in [5.41, 5.74) is 0.0309. The van der Waals surface area contributed by atoms with Gasteiger partial charge in [-0.05, 0) is 29.7 Å². The highest BCUT2D eigenvalue weighted by Gasteiger charge is 2.18. The van der Waals surface area contributed by atoms with Crippen LogP contribution >= 0.6 is 0 Å². The van der Waals surface area contributed by atoms with Crippen molar-refractivity contribution in [3.8, 4) is 28.7 Å². The molecule has 132 valence electrons. The molecule has 0 unspecified atom stereocenters. The monoisotopic (exact) mass is 353 g/mol. The Bertz CT molecular complexity index is 1260. The molecule has 3 N–H and O–H groups in total. The highest BCUT2D eigenvalue weighted by atomic mass is 16.5. The average Bonchev–Trinajstić information content (AvgIpc) is 2.64. The number of phenols is 3. The van der Waals surface area contributed by atoms with Crippen LogP contribution in [0, 0.1) is 0 Å². The normalized spacial score (nSPS) is 11.3. The molecule has 0 radical (unpaired) electrons. The van der Waals surface area contributed by atoms with Crippen LogP contribution < -0.4 is 15.0 Å². The number of benzene rings is 2. The van der Waals surface area contributed by atoms with Crippen LogP contribution in [-0.2, 0) is 0 Å². The van der Waals surface area contributed by atoms with Gasteiger partial charge in [0, 0.05) is 17.0 Å². The second-order valence-electron chi connectivity index (χ2n) is 5.84. The van der Waals surface area contributed by atoms with Crippen molar-refractivity contribution in [3.63, 3.8) is 0 Å². The molecule has 7 heteroatoms. The van der Waals surface area contributed by atoms with Crippen LogP contribution in [0.5, 0.6) is 28.7 Å². The second kappa shape index (κ2) is 5.45. The molecule has 0 atom stereocenters. The van der Waals surface area contributed by atoms with Gasteiger partial charge in [0.25, 0.3) is 5.56 Å². The van der Waals surface area contributed by atoms with E-state index in [1.54, 1.807) is 24.3 Å². The van der Waals surface area contributed by atoms with Crippen molar-refractivity contribution in [2.75, 3.05) is 14.2 Å². The predicted molar refractivity (Wildman–Crippen MR) is 96.8 cm³/mol. The van der Waals surface area contributed by atoms with Crippen LogP contribution in [0.2, 0.25) is 0 Å². The van der Waals surface area contributed by atoms with Crippen molar-refractivity contribution < 1.29 is 24.8 Å². The molecule has 0 bridgehead atoms. The summed E-state index contributed by atoms with van der Waals surface area (Å²) in [5.74, 6) is -0.385. The zero-order valence-electron chi connectivity index (χ0n) is 14.0. The first-order valence-corrected chi connectivity index (χ1v) is 7.74. The largest absolute Gasteiger partial charge is 0.504 e. The first-order valence-electron chi connectivity index (χ1n) is 7.74. The van der Waals surface area contributed by atoms with Crippen molar-refractivity contribution in [3.05, 3.63) is 46.9 Å². The molecular weight excluding hydrogens is 338 g/mol. The van der Waals surface area contributed by atoms with E-state index in [-0.39, 0.29) is 22.6 Å². The third-order valence-corrected chi connectivity index (χ3v) is 4.52. The Morgan fingerprint density at radius 2 is 1.69 bits per heavy atom. The van der Waals surface area contributed by atoms with Crippen LogP contribution in [0.3, 0.4) is 0 Å². The van der Waals surface area contributed by atoms with Gasteiger partial charge >= 0.3 is 0 Å². The van der Waals surface area contributed by atoms with Crippen LogP contribution in [0.1, 0.15) is 0 Å². The third-order valence-electron chi connectivity index (χ3n) is 4.52. The molecule has 0 aliphatic carbocycles. The minimum atomic E-state index is -0.484. The number of phenolic OH excluding ortho intramolecular Hbond substituents is 3. The Labute approximate surface area is 146 Å². The summed E-state index contributed by atoms with van der Waals surface area (Å²) in [7, 11) is 2.88. The highest BCUT2D eigenvalue weighted by Crippen LogP contribution is 2.43. The smallest absolute Gasteiger partial charge is 0.266 e. The molecule has 2 heterocycles. The molecule has 0 amide bonds. The van der Waals surface area contributed by atoms with E-state index in [1.807, 2.05) is 0 Å². The first kappa shape index (κ1) is 15.9. The third kappa shape index (κ3) is 1.97. The Hall–Kier alpha value is -3.61. The number of methoxy groups -OCH3 is 2. The first-order chi connectivity index (χ1) is 12.5. The summed E-state index contributed by atoms with van der Waals surface area (Å²) in [6, 6.07) is 7.82. The van der Waals surface area contributed by atoms with Crippen LogP contribution in [0.4, 0.5) is 0 Å². The predicted octanol–water partition coefficient (Wildman–Crippen LogP) is 2.74. The summed E-state index contributed by atoms with van der Waals surface area (Å²) in [6.07, 6.45) is 1.49. The fourth-order valence-corrected chi connectivity index (χ4v) is 3.26. The van der Waals surface area contributed by atoms with E-state index >= 15 is 0 Å². The molecule has 0 saturated heterocycles. The topological polar surface area (TPSA) is 101 Å². The summed E-state index contributed by atoms with van der Waals surface area (Å²) < 4.78 is 11.8. The lowest BCUT2D eigenvalue weighted by molar-refractivity contribution is 0.335. The van der Waals surface area contributed by atoms with Crippen molar-refractivity contribution in [2.45, 2.75) is 0 Å². The molecule has 4 rings (SSSR count). The van der Waals surface area contributed by atoms with Gasteiger partial charge in [-0.2, -0.15) is 0 Å². The van der Waals surface area contributed by atoms with E-state index in [2.05, 4.69) is 0 Å². The Morgan fingerprint density at radius 1 is 0.923 bits per heavy atom. The Kier molecular flexibility index (Phi) is 3.33. The summed E-state index contributed by atoms with van der Waals surface area (Å²) in [6.45, 7) is 0. The summed E-state index contributed by atoms with van der Waals surface area (Å²) in [4.78, 5) is 12.8. The molecule has 26 heavy (non-hydrogen) atoms. The van der Waals surface area contributed by atoms with E-state index in [4.69, 9.17) is 9.47 Å². The summed E-state index contributed by atoms with van der Waals surface area (Å²) >= 11 is 0. The van der Waals surface area contributed by atoms with Crippen LogP contribution in [0.15, 0.2) is 41.3 Å². The average molecular weight is 353 g/mol. The van der Waals surface area contributed by atoms with Crippen molar-refractivity contribution in [2.24, 2.45) is 0 Å². The molecule has 4 aromatic rings. The number of fused-ring (bicyclic) bond motifs is 4. The maximum Gasteiger partial charge on any atom is 0.266 e. The van der Waals surface area contributed by atoms with E-state index in [1.165, 1.54) is 30.9 Å². The molecule has 2 aromatic heterocycles. The fourth-order valence-electron chi connectivity index (χ4n) is 3.26. The van der Waals surface area contributed by atoms with Gasteiger partial charge in [0.2, 0.25) is 5.75 Å². The van der Waals surface area contributed by atoms with Crippen molar-refractivity contribution in [1.29, 1.82) is 0 Å². The number of hydrogen-bond acceptors (Lipinski definition) is 6.